The fraction of sp³-hybridized carbons (Fsp3) is 0.278. The molecule has 1 aliphatic rings. The molecule has 5 nitrogen and oxygen atoms in total. The maximum Gasteiger partial charge on any atom is 0.255 e. The van der Waals surface area contributed by atoms with Gasteiger partial charge in [0.25, 0.3) is 5.91 Å². The minimum absolute atomic E-state index is 0.0422. The van der Waals surface area contributed by atoms with Crippen LogP contribution < -0.4 is 5.32 Å². The van der Waals surface area contributed by atoms with Crippen molar-refractivity contribution < 1.29 is 13.2 Å². The van der Waals surface area contributed by atoms with Crippen LogP contribution in [0, 0.1) is 0 Å². The summed E-state index contributed by atoms with van der Waals surface area (Å²) in [5, 5.41) is 3.20. The second-order valence-electron chi connectivity index (χ2n) is 5.99. The molecule has 3 rings (SSSR count). The molecule has 2 aromatic carbocycles. The van der Waals surface area contributed by atoms with Gasteiger partial charge in [-0.3, -0.25) is 4.79 Å². The van der Waals surface area contributed by atoms with Gasteiger partial charge < -0.3 is 5.32 Å². The molecule has 0 bridgehead atoms. The summed E-state index contributed by atoms with van der Waals surface area (Å²) in [6.45, 7) is 1.20. The molecule has 0 radical (unpaired) electrons. The van der Waals surface area contributed by atoms with Gasteiger partial charge in [-0.15, -0.1) is 0 Å². The van der Waals surface area contributed by atoms with Gasteiger partial charge in [0.1, 0.15) is 0 Å². The summed E-state index contributed by atoms with van der Waals surface area (Å²) < 4.78 is 26.2. The van der Waals surface area contributed by atoms with Gasteiger partial charge in [0.05, 0.1) is 16.5 Å². The first-order valence-electron chi connectivity index (χ1n) is 8.08. The van der Waals surface area contributed by atoms with Crippen LogP contribution in [0.2, 0.25) is 5.02 Å². The van der Waals surface area contributed by atoms with Gasteiger partial charge >= 0.3 is 0 Å². The standard InChI is InChI=1S/C18H19ClN2O3S/c19-16-5-1-2-6-17(16)20-18(22)15-9-7-14(8-10-15)13-25(23,24)21-11-3-4-12-21/h1-2,5-10H,3-4,11-13H2,(H,20,22). The first-order chi connectivity index (χ1) is 12.0. The number of carbonyl (C=O) groups excluding carboxylic acids is 1. The third kappa shape index (κ3) is 4.39. The van der Waals surface area contributed by atoms with Gasteiger partial charge in [0.2, 0.25) is 10.0 Å². The molecule has 0 atom stereocenters. The Bertz CT molecular complexity index is 860. The predicted octanol–water partition coefficient (Wildman–Crippen LogP) is 3.52. The van der Waals surface area contributed by atoms with E-state index in [1.807, 2.05) is 0 Å². The van der Waals surface area contributed by atoms with Gasteiger partial charge in [-0.25, -0.2) is 12.7 Å². The Kier molecular flexibility index (Phi) is 5.42. The van der Waals surface area contributed by atoms with Crippen molar-refractivity contribution in [3.05, 3.63) is 64.7 Å². The van der Waals surface area contributed by atoms with Crippen molar-refractivity contribution in [3.8, 4) is 0 Å². The number of amides is 1. The van der Waals surface area contributed by atoms with E-state index in [2.05, 4.69) is 5.32 Å². The van der Waals surface area contributed by atoms with Crippen LogP contribution in [0.1, 0.15) is 28.8 Å². The number of halogens is 1. The molecule has 1 aliphatic heterocycles. The van der Waals surface area contributed by atoms with Crippen molar-refractivity contribution in [1.82, 2.24) is 4.31 Å². The summed E-state index contributed by atoms with van der Waals surface area (Å²) in [6.07, 6.45) is 1.83. The van der Waals surface area contributed by atoms with Crippen LogP contribution in [0.3, 0.4) is 0 Å². The molecular formula is C18H19ClN2O3S. The third-order valence-electron chi connectivity index (χ3n) is 4.15. The highest BCUT2D eigenvalue weighted by Crippen LogP contribution is 2.22. The summed E-state index contributed by atoms with van der Waals surface area (Å²) in [5.41, 5.74) is 1.65. The van der Waals surface area contributed by atoms with Crippen LogP contribution in [0.4, 0.5) is 5.69 Å². The molecule has 0 saturated carbocycles. The molecule has 0 spiro atoms. The Morgan fingerprint density at radius 3 is 2.32 bits per heavy atom. The largest absolute Gasteiger partial charge is 0.321 e. The molecule has 1 saturated heterocycles. The van der Waals surface area contributed by atoms with E-state index >= 15 is 0 Å². The Labute approximate surface area is 152 Å². The zero-order chi connectivity index (χ0) is 17.9. The van der Waals surface area contributed by atoms with E-state index < -0.39 is 10.0 Å². The van der Waals surface area contributed by atoms with E-state index in [0.717, 1.165) is 12.8 Å². The van der Waals surface area contributed by atoms with E-state index in [-0.39, 0.29) is 11.7 Å². The molecule has 0 aliphatic carbocycles. The topological polar surface area (TPSA) is 66.5 Å². The molecular weight excluding hydrogens is 360 g/mol. The second-order valence-corrected chi connectivity index (χ2v) is 8.37. The minimum Gasteiger partial charge on any atom is -0.321 e. The number of para-hydroxylation sites is 1. The zero-order valence-corrected chi connectivity index (χ0v) is 15.2. The van der Waals surface area contributed by atoms with Crippen LogP contribution >= 0.6 is 11.6 Å². The summed E-state index contributed by atoms with van der Waals surface area (Å²) in [4.78, 5) is 12.3. The summed E-state index contributed by atoms with van der Waals surface area (Å²) in [6, 6.07) is 13.6. The number of carbonyl (C=O) groups is 1. The Balaban J connectivity index is 1.67. The van der Waals surface area contributed by atoms with Crippen molar-refractivity contribution in [1.29, 1.82) is 0 Å². The number of sulfonamides is 1. The highest BCUT2D eigenvalue weighted by Gasteiger charge is 2.25. The quantitative estimate of drug-likeness (QED) is 0.865. The average molecular weight is 379 g/mol. The van der Waals surface area contributed by atoms with E-state index in [4.69, 9.17) is 11.6 Å². The van der Waals surface area contributed by atoms with Gasteiger partial charge in [-0.1, -0.05) is 35.9 Å². The van der Waals surface area contributed by atoms with Gasteiger partial charge in [0, 0.05) is 18.7 Å². The van der Waals surface area contributed by atoms with E-state index in [1.165, 1.54) is 4.31 Å². The smallest absolute Gasteiger partial charge is 0.255 e. The molecule has 132 valence electrons. The van der Waals surface area contributed by atoms with E-state index in [1.54, 1.807) is 48.5 Å². The monoisotopic (exact) mass is 378 g/mol. The number of nitrogens with zero attached hydrogens (tertiary/aromatic N) is 1. The van der Waals surface area contributed by atoms with Crippen LogP contribution in [0.5, 0.6) is 0 Å². The number of nitrogens with one attached hydrogen (secondary N) is 1. The summed E-state index contributed by atoms with van der Waals surface area (Å²) >= 11 is 6.03. The van der Waals surface area contributed by atoms with Crippen molar-refractivity contribution in [3.63, 3.8) is 0 Å². The summed E-state index contributed by atoms with van der Waals surface area (Å²) in [5.74, 6) is -0.332. The number of hydrogen-bond donors (Lipinski definition) is 1. The fourth-order valence-electron chi connectivity index (χ4n) is 2.78. The minimum atomic E-state index is -3.28. The average Bonchev–Trinajstić information content (AvgIpc) is 3.13. The Morgan fingerprint density at radius 2 is 1.68 bits per heavy atom. The number of benzene rings is 2. The number of hydrogen-bond acceptors (Lipinski definition) is 3. The predicted molar refractivity (Wildman–Crippen MR) is 99.3 cm³/mol. The lowest BCUT2D eigenvalue weighted by Gasteiger charge is -2.15. The number of anilines is 1. The lowest BCUT2D eigenvalue weighted by molar-refractivity contribution is 0.102. The van der Waals surface area contributed by atoms with Crippen molar-refractivity contribution in [2.24, 2.45) is 0 Å². The zero-order valence-electron chi connectivity index (χ0n) is 13.6. The van der Waals surface area contributed by atoms with Crippen molar-refractivity contribution >= 4 is 33.2 Å². The molecule has 1 fully saturated rings. The van der Waals surface area contributed by atoms with Gasteiger partial charge in [-0.05, 0) is 42.7 Å². The molecule has 0 unspecified atom stereocenters. The Hall–Kier alpha value is -1.89. The lowest BCUT2D eigenvalue weighted by Crippen LogP contribution is -2.29. The van der Waals surface area contributed by atoms with E-state index in [0.29, 0.717) is 34.9 Å². The van der Waals surface area contributed by atoms with E-state index in [9.17, 15) is 13.2 Å². The first-order valence-corrected chi connectivity index (χ1v) is 10.1. The molecule has 1 N–H and O–H groups in total. The highest BCUT2D eigenvalue weighted by atomic mass is 35.5. The van der Waals surface area contributed by atoms with Crippen LogP contribution in [0.15, 0.2) is 48.5 Å². The normalized spacial score (nSPS) is 15.2. The molecule has 25 heavy (non-hydrogen) atoms. The van der Waals surface area contributed by atoms with Crippen molar-refractivity contribution in [2.75, 3.05) is 18.4 Å². The van der Waals surface area contributed by atoms with Crippen LogP contribution in [-0.2, 0) is 15.8 Å². The molecule has 0 aromatic heterocycles. The molecule has 1 amide bonds. The van der Waals surface area contributed by atoms with Crippen LogP contribution in [-0.4, -0.2) is 31.7 Å². The maximum atomic E-state index is 12.3. The fourth-order valence-corrected chi connectivity index (χ4v) is 4.57. The summed E-state index contributed by atoms with van der Waals surface area (Å²) in [7, 11) is -3.28. The lowest BCUT2D eigenvalue weighted by atomic mass is 10.1. The Morgan fingerprint density at radius 1 is 1.04 bits per heavy atom. The SMILES string of the molecule is O=C(Nc1ccccc1Cl)c1ccc(CS(=O)(=O)N2CCCC2)cc1. The number of rotatable bonds is 5. The van der Waals surface area contributed by atoms with Gasteiger partial charge in [0.15, 0.2) is 0 Å². The van der Waals surface area contributed by atoms with Crippen molar-refractivity contribution in [2.45, 2.75) is 18.6 Å². The third-order valence-corrected chi connectivity index (χ3v) is 6.33. The highest BCUT2D eigenvalue weighted by molar-refractivity contribution is 7.88. The molecule has 1 heterocycles. The van der Waals surface area contributed by atoms with Crippen LogP contribution in [0.25, 0.3) is 0 Å². The van der Waals surface area contributed by atoms with Gasteiger partial charge in [-0.2, -0.15) is 0 Å². The maximum absolute atomic E-state index is 12.3. The molecule has 2 aromatic rings. The molecule has 7 heteroatoms. The first kappa shape index (κ1) is 17.9. The second kappa shape index (κ2) is 7.56.